The lowest BCUT2D eigenvalue weighted by molar-refractivity contribution is -0.140. The lowest BCUT2D eigenvalue weighted by atomic mass is 9.93. The Balaban J connectivity index is 2.03. The van der Waals surface area contributed by atoms with Gasteiger partial charge < -0.3 is 10.4 Å². The normalized spacial score (nSPS) is 24.6. The number of hydrogen-bond acceptors (Lipinski definition) is 2. The Morgan fingerprint density at radius 2 is 2.12 bits per heavy atom. The maximum absolute atomic E-state index is 11.0. The molecule has 0 saturated carbocycles. The number of nitrogens with one attached hydrogen (secondary N) is 1. The van der Waals surface area contributed by atoms with Gasteiger partial charge >= 0.3 is 5.97 Å². The molecule has 1 saturated heterocycles. The first-order valence-corrected chi connectivity index (χ1v) is 6.17. The van der Waals surface area contributed by atoms with E-state index in [0.29, 0.717) is 0 Å². The highest BCUT2D eigenvalue weighted by Crippen LogP contribution is 2.22. The summed E-state index contributed by atoms with van der Waals surface area (Å²) in [7, 11) is 0. The molecule has 1 heterocycles. The molecule has 1 fully saturated rings. The van der Waals surface area contributed by atoms with Gasteiger partial charge in [0.15, 0.2) is 0 Å². The third kappa shape index (κ3) is 2.62. The van der Waals surface area contributed by atoms with Crippen molar-refractivity contribution in [2.24, 2.45) is 5.92 Å². The van der Waals surface area contributed by atoms with Gasteiger partial charge in [-0.05, 0) is 43.0 Å². The van der Waals surface area contributed by atoms with Gasteiger partial charge in [-0.3, -0.25) is 4.79 Å². The van der Waals surface area contributed by atoms with Gasteiger partial charge in [0, 0.05) is 4.47 Å². The number of aliphatic carboxylic acids is 1. The van der Waals surface area contributed by atoms with Crippen molar-refractivity contribution < 1.29 is 9.90 Å². The lowest BCUT2D eigenvalue weighted by Gasteiger charge is -2.15. The van der Waals surface area contributed by atoms with Crippen LogP contribution in [0.3, 0.4) is 0 Å². The van der Waals surface area contributed by atoms with Crippen LogP contribution in [-0.4, -0.2) is 23.7 Å². The smallest absolute Gasteiger partial charge is 0.320 e. The molecule has 1 unspecified atom stereocenters. The summed E-state index contributed by atoms with van der Waals surface area (Å²) in [6, 6.07) is 7.69. The molecule has 3 nitrogen and oxygen atoms in total. The Bertz CT molecular complexity index is 377. The van der Waals surface area contributed by atoms with Crippen LogP contribution in [0, 0.1) is 5.92 Å². The molecule has 16 heavy (non-hydrogen) atoms. The molecule has 0 spiro atoms. The van der Waals surface area contributed by atoms with E-state index in [2.05, 4.69) is 21.2 Å². The Morgan fingerprint density at radius 1 is 1.44 bits per heavy atom. The molecule has 1 aliphatic heterocycles. The minimum Gasteiger partial charge on any atom is -0.480 e. The summed E-state index contributed by atoms with van der Waals surface area (Å²) in [5.74, 6) is -0.529. The fourth-order valence-corrected chi connectivity index (χ4v) is 2.45. The van der Waals surface area contributed by atoms with E-state index in [4.69, 9.17) is 5.11 Å². The summed E-state index contributed by atoms with van der Waals surface area (Å²) >= 11 is 3.39. The van der Waals surface area contributed by atoms with E-state index in [0.717, 1.165) is 23.9 Å². The van der Waals surface area contributed by atoms with Gasteiger partial charge in [0.25, 0.3) is 0 Å². The van der Waals surface area contributed by atoms with Crippen LogP contribution < -0.4 is 5.32 Å². The van der Waals surface area contributed by atoms with E-state index in [1.807, 2.05) is 24.3 Å². The van der Waals surface area contributed by atoms with Gasteiger partial charge in [-0.25, -0.2) is 0 Å². The molecule has 1 aliphatic rings. The summed E-state index contributed by atoms with van der Waals surface area (Å²) in [5, 5.41) is 12.1. The van der Waals surface area contributed by atoms with Crippen LogP contribution in [0.5, 0.6) is 0 Å². The number of halogens is 1. The summed E-state index contributed by atoms with van der Waals surface area (Å²) in [6.45, 7) is 0.804. The lowest BCUT2D eigenvalue weighted by Crippen LogP contribution is -2.36. The molecule has 1 aromatic carbocycles. The first-order chi connectivity index (χ1) is 7.66. The molecule has 0 amide bonds. The quantitative estimate of drug-likeness (QED) is 0.893. The van der Waals surface area contributed by atoms with Crippen LogP contribution in [0.15, 0.2) is 28.7 Å². The maximum Gasteiger partial charge on any atom is 0.320 e. The van der Waals surface area contributed by atoms with Gasteiger partial charge in [-0.15, -0.1) is 0 Å². The standard InChI is InChI=1S/C12H14BrNO2/c13-10-3-1-8(2-4-10)7-9-5-6-14-11(9)12(15)16/h1-4,9,11,14H,5-7H2,(H,15,16)/t9?,11-/m1/s1. The first-order valence-electron chi connectivity index (χ1n) is 5.37. The predicted molar refractivity (Wildman–Crippen MR) is 65.4 cm³/mol. The second-order valence-corrected chi connectivity index (χ2v) is 5.07. The molecule has 2 N–H and O–H groups in total. The highest BCUT2D eigenvalue weighted by atomic mass is 79.9. The molecule has 0 aromatic heterocycles. The van der Waals surface area contributed by atoms with Crippen LogP contribution in [-0.2, 0) is 11.2 Å². The Labute approximate surface area is 103 Å². The van der Waals surface area contributed by atoms with E-state index in [1.54, 1.807) is 0 Å². The van der Waals surface area contributed by atoms with Crippen molar-refractivity contribution in [3.63, 3.8) is 0 Å². The largest absolute Gasteiger partial charge is 0.480 e. The van der Waals surface area contributed by atoms with Gasteiger partial charge in [0.05, 0.1) is 0 Å². The van der Waals surface area contributed by atoms with E-state index >= 15 is 0 Å². The van der Waals surface area contributed by atoms with Crippen molar-refractivity contribution >= 4 is 21.9 Å². The molecule has 2 rings (SSSR count). The number of carboxylic acids is 1. The zero-order valence-electron chi connectivity index (χ0n) is 8.82. The topological polar surface area (TPSA) is 49.3 Å². The molecule has 0 aliphatic carbocycles. The number of carbonyl (C=O) groups is 1. The zero-order valence-corrected chi connectivity index (χ0v) is 10.4. The van der Waals surface area contributed by atoms with Crippen molar-refractivity contribution in [2.45, 2.75) is 18.9 Å². The van der Waals surface area contributed by atoms with Crippen molar-refractivity contribution in [1.82, 2.24) is 5.32 Å². The molecule has 4 heteroatoms. The molecular weight excluding hydrogens is 270 g/mol. The number of hydrogen-bond donors (Lipinski definition) is 2. The summed E-state index contributed by atoms with van der Waals surface area (Å²) in [5.41, 5.74) is 1.20. The van der Waals surface area contributed by atoms with Crippen LogP contribution >= 0.6 is 15.9 Å². The second kappa shape index (κ2) is 4.97. The van der Waals surface area contributed by atoms with Crippen molar-refractivity contribution in [2.75, 3.05) is 6.54 Å². The van der Waals surface area contributed by atoms with E-state index < -0.39 is 5.97 Å². The van der Waals surface area contributed by atoms with Gasteiger partial charge in [0.1, 0.15) is 6.04 Å². The monoisotopic (exact) mass is 283 g/mol. The van der Waals surface area contributed by atoms with Crippen LogP contribution in [0.2, 0.25) is 0 Å². The molecular formula is C12H14BrNO2. The predicted octanol–water partition coefficient (Wildman–Crippen LogP) is 2.05. The molecule has 0 bridgehead atoms. The molecule has 2 atom stereocenters. The molecule has 86 valence electrons. The fourth-order valence-electron chi connectivity index (χ4n) is 2.19. The highest BCUT2D eigenvalue weighted by molar-refractivity contribution is 9.10. The first kappa shape index (κ1) is 11.6. The minimum absolute atomic E-state index is 0.207. The van der Waals surface area contributed by atoms with Crippen LogP contribution in [0.4, 0.5) is 0 Å². The highest BCUT2D eigenvalue weighted by Gasteiger charge is 2.32. The number of rotatable bonds is 3. The van der Waals surface area contributed by atoms with Crippen LogP contribution in [0.1, 0.15) is 12.0 Å². The van der Waals surface area contributed by atoms with E-state index in [1.165, 1.54) is 5.56 Å². The third-order valence-corrected chi connectivity index (χ3v) is 3.56. The number of benzene rings is 1. The van der Waals surface area contributed by atoms with Gasteiger partial charge in [0.2, 0.25) is 0 Å². The minimum atomic E-state index is -0.736. The molecule has 0 radical (unpaired) electrons. The van der Waals surface area contributed by atoms with Gasteiger partial charge in [-0.1, -0.05) is 28.1 Å². The summed E-state index contributed by atoms with van der Waals surface area (Å²) < 4.78 is 1.05. The van der Waals surface area contributed by atoms with Crippen molar-refractivity contribution in [3.8, 4) is 0 Å². The second-order valence-electron chi connectivity index (χ2n) is 4.15. The molecule has 1 aromatic rings. The zero-order chi connectivity index (χ0) is 11.5. The average Bonchev–Trinajstić information content (AvgIpc) is 2.69. The van der Waals surface area contributed by atoms with Crippen molar-refractivity contribution in [3.05, 3.63) is 34.3 Å². The maximum atomic E-state index is 11.0. The Kier molecular flexibility index (Phi) is 3.61. The average molecular weight is 284 g/mol. The fraction of sp³-hybridized carbons (Fsp3) is 0.417. The third-order valence-electron chi connectivity index (χ3n) is 3.03. The summed E-state index contributed by atoms with van der Waals surface area (Å²) in [4.78, 5) is 11.0. The van der Waals surface area contributed by atoms with Crippen molar-refractivity contribution in [1.29, 1.82) is 0 Å². The Morgan fingerprint density at radius 3 is 2.75 bits per heavy atom. The van der Waals surface area contributed by atoms with Gasteiger partial charge in [-0.2, -0.15) is 0 Å². The van der Waals surface area contributed by atoms with E-state index in [9.17, 15) is 4.79 Å². The van der Waals surface area contributed by atoms with Crippen LogP contribution in [0.25, 0.3) is 0 Å². The number of carboxylic acid groups (broad SMARTS) is 1. The summed E-state index contributed by atoms with van der Waals surface area (Å²) in [6.07, 6.45) is 1.77. The SMILES string of the molecule is O=C(O)[C@@H]1NCCC1Cc1ccc(Br)cc1. The Hall–Kier alpha value is -0.870. The van der Waals surface area contributed by atoms with E-state index in [-0.39, 0.29) is 12.0 Å².